The maximum absolute atomic E-state index is 11.7. The SMILES string of the molecule is CC(NC(=O)c1ncccc1Br)C(N)=S. The molecule has 1 unspecified atom stereocenters. The summed E-state index contributed by atoms with van der Waals surface area (Å²) in [5, 5.41) is 2.64. The van der Waals surface area contributed by atoms with E-state index in [1.807, 2.05) is 0 Å². The standard InChI is InChI=1S/C9H10BrN3OS/c1-5(8(11)15)13-9(14)7-6(10)3-2-4-12-7/h2-5H,1H3,(H2,11,15)(H,13,14). The van der Waals surface area contributed by atoms with Crippen LogP contribution in [0.4, 0.5) is 0 Å². The fourth-order valence-electron chi connectivity index (χ4n) is 0.889. The van der Waals surface area contributed by atoms with Crippen LogP contribution >= 0.6 is 28.1 Å². The lowest BCUT2D eigenvalue weighted by atomic mass is 10.3. The van der Waals surface area contributed by atoms with Crippen molar-refractivity contribution in [1.29, 1.82) is 0 Å². The Morgan fingerprint density at radius 1 is 1.73 bits per heavy atom. The molecule has 80 valence electrons. The van der Waals surface area contributed by atoms with Gasteiger partial charge in [0.05, 0.1) is 11.0 Å². The van der Waals surface area contributed by atoms with E-state index in [1.165, 1.54) is 0 Å². The minimum absolute atomic E-state index is 0.246. The lowest BCUT2D eigenvalue weighted by Gasteiger charge is -2.11. The number of nitrogens with one attached hydrogen (secondary N) is 1. The molecule has 1 aromatic heterocycles. The summed E-state index contributed by atoms with van der Waals surface area (Å²) < 4.78 is 0.637. The molecule has 1 heterocycles. The second-order valence-corrected chi connectivity index (χ2v) is 4.26. The van der Waals surface area contributed by atoms with Crippen molar-refractivity contribution >= 4 is 39.0 Å². The first kappa shape index (κ1) is 12.1. The molecule has 1 amide bonds. The smallest absolute Gasteiger partial charge is 0.271 e. The fourth-order valence-corrected chi connectivity index (χ4v) is 1.38. The van der Waals surface area contributed by atoms with Gasteiger partial charge in [-0.2, -0.15) is 0 Å². The van der Waals surface area contributed by atoms with Crippen molar-refractivity contribution in [2.75, 3.05) is 0 Å². The van der Waals surface area contributed by atoms with E-state index in [-0.39, 0.29) is 16.9 Å². The average Bonchev–Trinajstić information content (AvgIpc) is 2.18. The number of hydrogen-bond acceptors (Lipinski definition) is 3. The Hall–Kier alpha value is -1.01. The summed E-state index contributed by atoms with van der Waals surface area (Å²) in [7, 11) is 0. The van der Waals surface area contributed by atoms with Crippen molar-refractivity contribution in [3.63, 3.8) is 0 Å². The number of nitrogens with zero attached hydrogens (tertiary/aromatic N) is 1. The van der Waals surface area contributed by atoms with E-state index in [0.29, 0.717) is 10.2 Å². The zero-order valence-corrected chi connectivity index (χ0v) is 10.4. The molecule has 0 aliphatic carbocycles. The van der Waals surface area contributed by atoms with Crippen molar-refractivity contribution in [2.24, 2.45) is 5.73 Å². The van der Waals surface area contributed by atoms with Crippen molar-refractivity contribution in [1.82, 2.24) is 10.3 Å². The van der Waals surface area contributed by atoms with Gasteiger partial charge in [0.25, 0.3) is 5.91 Å². The predicted octanol–water partition coefficient (Wildman–Crippen LogP) is 1.25. The zero-order chi connectivity index (χ0) is 11.4. The first-order valence-corrected chi connectivity index (χ1v) is 5.43. The fraction of sp³-hybridized carbons (Fsp3) is 0.222. The highest BCUT2D eigenvalue weighted by atomic mass is 79.9. The lowest BCUT2D eigenvalue weighted by molar-refractivity contribution is 0.0943. The van der Waals surface area contributed by atoms with Crippen LogP contribution < -0.4 is 11.1 Å². The molecule has 0 bridgehead atoms. The molecule has 0 saturated carbocycles. The highest BCUT2D eigenvalue weighted by Crippen LogP contribution is 2.12. The van der Waals surface area contributed by atoms with Gasteiger partial charge in [-0.3, -0.25) is 4.79 Å². The van der Waals surface area contributed by atoms with E-state index in [9.17, 15) is 4.79 Å². The summed E-state index contributed by atoms with van der Waals surface area (Å²) in [5.74, 6) is -0.303. The Morgan fingerprint density at radius 2 is 2.40 bits per heavy atom. The topological polar surface area (TPSA) is 68.0 Å². The first-order valence-electron chi connectivity index (χ1n) is 4.23. The summed E-state index contributed by atoms with van der Waals surface area (Å²) in [5.41, 5.74) is 5.70. The molecule has 1 atom stereocenters. The van der Waals surface area contributed by atoms with Crippen molar-refractivity contribution in [3.05, 3.63) is 28.5 Å². The van der Waals surface area contributed by atoms with Crippen LogP contribution in [0.3, 0.4) is 0 Å². The number of carbonyl (C=O) groups excluding carboxylic acids is 1. The molecule has 0 aromatic carbocycles. The predicted molar refractivity (Wildman–Crippen MR) is 65.7 cm³/mol. The van der Waals surface area contributed by atoms with E-state index in [1.54, 1.807) is 25.3 Å². The quantitative estimate of drug-likeness (QED) is 0.821. The minimum atomic E-state index is -0.346. The molecular weight excluding hydrogens is 278 g/mol. The molecule has 0 saturated heterocycles. The van der Waals surface area contributed by atoms with E-state index < -0.39 is 0 Å². The van der Waals surface area contributed by atoms with Crippen LogP contribution in [0.15, 0.2) is 22.8 Å². The molecule has 0 fully saturated rings. The van der Waals surface area contributed by atoms with Crippen LogP contribution in [0.2, 0.25) is 0 Å². The van der Waals surface area contributed by atoms with Crippen LogP contribution in [-0.4, -0.2) is 21.9 Å². The Morgan fingerprint density at radius 3 is 2.93 bits per heavy atom. The third kappa shape index (κ3) is 3.24. The number of nitrogens with two attached hydrogens (primary N) is 1. The third-order valence-electron chi connectivity index (χ3n) is 1.75. The lowest BCUT2D eigenvalue weighted by Crippen LogP contribution is -2.41. The molecular formula is C9H10BrN3OS. The Kier molecular flexibility index (Phi) is 4.16. The number of pyridine rings is 1. The van der Waals surface area contributed by atoms with Gasteiger partial charge in [-0.15, -0.1) is 0 Å². The number of rotatable bonds is 3. The van der Waals surface area contributed by atoms with E-state index >= 15 is 0 Å². The molecule has 0 radical (unpaired) electrons. The summed E-state index contributed by atoms with van der Waals surface area (Å²) >= 11 is 7.99. The second kappa shape index (κ2) is 5.18. The number of thiocarbonyl (C=S) groups is 1. The highest BCUT2D eigenvalue weighted by molar-refractivity contribution is 9.10. The zero-order valence-electron chi connectivity index (χ0n) is 8.03. The second-order valence-electron chi connectivity index (χ2n) is 2.93. The number of halogens is 1. The van der Waals surface area contributed by atoms with Gasteiger partial charge in [-0.05, 0) is 35.0 Å². The van der Waals surface area contributed by atoms with Gasteiger partial charge in [0, 0.05) is 10.7 Å². The number of aromatic nitrogens is 1. The number of hydrogen-bond donors (Lipinski definition) is 2. The molecule has 6 heteroatoms. The molecule has 0 aliphatic heterocycles. The van der Waals surface area contributed by atoms with Crippen LogP contribution in [0, 0.1) is 0 Å². The summed E-state index contributed by atoms with van der Waals surface area (Å²) in [6.45, 7) is 1.72. The summed E-state index contributed by atoms with van der Waals surface area (Å²) in [6, 6.07) is 3.13. The van der Waals surface area contributed by atoms with Gasteiger partial charge in [0.2, 0.25) is 0 Å². The molecule has 1 aromatic rings. The van der Waals surface area contributed by atoms with Gasteiger partial charge in [-0.25, -0.2) is 4.98 Å². The maximum Gasteiger partial charge on any atom is 0.271 e. The number of carbonyl (C=O) groups is 1. The van der Waals surface area contributed by atoms with E-state index in [2.05, 4.69) is 26.2 Å². The largest absolute Gasteiger partial charge is 0.392 e. The summed E-state index contributed by atoms with van der Waals surface area (Å²) in [6.07, 6.45) is 1.55. The Balaban J connectivity index is 2.78. The Labute approximate surface area is 101 Å². The first-order chi connectivity index (χ1) is 7.02. The van der Waals surface area contributed by atoms with Crippen LogP contribution in [0.5, 0.6) is 0 Å². The van der Waals surface area contributed by atoms with Gasteiger partial charge in [0.1, 0.15) is 5.69 Å². The molecule has 3 N–H and O–H groups in total. The van der Waals surface area contributed by atoms with Crippen molar-refractivity contribution in [2.45, 2.75) is 13.0 Å². The van der Waals surface area contributed by atoms with E-state index in [0.717, 1.165) is 0 Å². The van der Waals surface area contributed by atoms with Gasteiger partial charge in [0.15, 0.2) is 0 Å². The molecule has 0 spiro atoms. The van der Waals surface area contributed by atoms with Crippen molar-refractivity contribution < 1.29 is 4.79 Å². The normalized spacial score (nSPS) is 11.9. The Bertz CT molecular complexity index is 397. The van der Waals surface area contributed by atoms with Crippen LogP contribution in [0.25, 0.3) is 0 Å². The van der Waals surface area contributed by atoms with Crippen LogP contribution in [-0.2, 0) is 0 Å². The molecule has 0 aliphatic rings. The highest BCUT2D eigenvalue weighted by Gasteiger charge is 2.14. The van der Waals surface area contributed by atoms with Crippen LogP contribution in [0.1, 0.15) is 17.4 Å². The van der Waals surface area contributed by atoms with Gasteiger partial charge >= 0.3 is 0 Å². The van der Waals surface area contributed by atoms with Gasteiger partial charge in [-0.1, -0.05) is 12.2 Å². The molecule has 1 rings (SSSR count). The summed E-state index contributed by atoms with van der Waals surface area (Å²) in [4.78, 5) is 15.9. The number of amides is 1. The molecule has 15 heavy (non-hydrogen) atoms. The van der Waals surface area contributed by atoms with Crippen molar-refractivity contribution in [3.8, 4) is 0 Å². The molecule has 4 nitrogen and oxygen atoms in total. The third-order valence-corrected chi connectivity index (χ3v) is 2.74. The van der Waals surface area contributed by atoms with E-state index in [4.69, 9.17) is 18.0 Å². The monoisotopic (exact) mass is 287 g/mol. The average molecular weight is 288 g/mol. The van der Waals surface area contributed by atoms with Gasteiger partial charge < -0.3 is 11.1 Å². The maximum atomic E-state index is 11.7. The minimum Gasteiger partial charge on any atom is -0.392 e.